The molecule has 4 rings (SSSR count). The van der Waals surface area contributed by atoms with Crippen molar-refractivity contribution in [1.29, 1.82) is 0 Å². The molecule has 0 saturated carbocycles. The Morgan fingerprint density at radius 3 is 2.49 bits per heavy atom. The molecule has 0 aromatic heterocycles. The summed E-state index contributed by atoms with van der Waals surface area (Å²) < 4.78 is 11.4. The molecule has 180 valence electrons. The van der Waals surface area contributed by atoms with Crippen molar-refractivity contribution in [1.82, 2.24) is 5.32 Å². The minimum absolute atomic E-state index is 0.174. The van der Waals surface area contributed by atoms with Gasteiger partial charge in [-0.25, -0.2) is 4.99 Å². The fourth-order valence-electron chi connectivity index (χ4n) is 3.20. The maximum absolute atomic E-state index is 12.5. The smallest absolute Gasteiger partial charge is 0.264 e. The van der Waals surface area contributed by atoms with Gasteiger partial charge in [0.1, 0.15) is 6.61 Å². The monoisotopic (exact) mass is 566 g/mol. The second kappa shape index (κ2) is 11.1. The van der Waals surface area contributed by atoms with Crippen LogP contribution in [0.2, 0.25) is 20.1 Å². The lowest BCUT2D eigenvalue weighted by Gasteiger charge is -2.14. The number of nitrogens with zero attached hydrogens (tertiary/aromatic N) is 1. The molecule has 35 heavy (non-hydrogen) atoms. The maximum Gasteiger partial charge on any atom is 0.264 e. The Bertz CT molecular complexity index is 1380. The number of amides is 1. The van der Waals surface area contributed by atoms with Gasteiger partial charge in [-0.1, -0.05) is 58.5 Å². The van der Waals surface area contributed by atoms with Gasteiger partial charge in [0.25, 0.3) is 5.91 Å². The van der Waals surface area contributed by atoms with E-state index in [1.807, 2.05) is 13.0 Å². The summed E-state index contributed by atoms with van der Waals surface area (Å²) in [4.78, 5) is 17.5. The molecule has 0 spiro atoms. The van der Waals surface area contributed by atoms with Crippen molar-refractivity contribution in [2.45, 2.75) is 13.5 Å². The topological polar surface area (TPSA) is 59.9 Å². The van der Waals surface area contributed by atoms with Gasteiger partial charge in [0.2, 0.25) is 0 Å². The van der Waals surface area contributed by atoms with Gasteiger partial charge in [-0.3, -0.25) is 4.79 Å². The van der Waals surface area contributed by atoms with Crippen LogP contribution in [0, 0.1) is 6.92 Å². The first-order chi connectivity index (χ1) is 16.7. The van der Waals surface area contributed by atoms with Crippen LogP contribution in [0.5, 0.6) is 11.5 Å². The van der Waals surface area contributed by atoms with E-state index >= 15 is 0 Å². The van der Waals surface area contributed by atoms with Crippen LogP contribution in [0.1, 0.15) is 16.7 Å². The summed E-state index contributed by atoms with van der Waals surface area (Å²) in [5.41, 5.74) is 3.05. The van der Waals surface area contributed by atoms with Gasteiger partial charge in [-0.05, 0) is 72.3 Å². The highest BCUT2D eigenvalue weighted by molar-refractivity contribution is 8.18. The molecule has 3 aromatic carbocycles. The Kier molecular flexibility index (Phi) is 8.19. The third-order valence-electron chi connectivity index (χ3n) is 4.98. The van der Waals surface area contributed by atoms with E-state index in [1.54, 1.807) is 48.5 Å². The number of nitrogens with one attached hydrogen (secondary N) is 1. The number of amidine groups is 1. The third kappa shape index (κ3) is 6.26. The summed E-state index contributed by atoms with van der Waals surface area (Å²) in [7, 11) is 1.51. The summed E-state index contributed by atoms with van der Waals surface area (Å²) in [6.45, 7) is 2.10. The fourth-order valence-corrected chi connectivity index (χ4v) is 4.93. The Morgan fingerprint density at radius 1 is 1.00 bits per heavy atom. The number of halogens is 4. The zero-order valence-corrected chi connectivity index (χ0v) is 22.3. The number of aliphatic imine (C=N–C) groups is 1. The predicted octanol–water partition coefficient (Wildman–Crippen LogP) is 8.09. The Balaban J connectivity index is 1.55. The van der Waals surface area contributed by atoms with E-state index in [0.717, 1.165) is 11.1 Å². The highest BCUT2D eigenvalue weighted by atomic mass is 35.5. The van der Waals surface area contributed by atoms with Gasteiger partial charge in [-0.2, -0.15) is 0 Å². The van der Waals surface area contributed by atoms with Gasteiger partial charge in [0.15, 0.2) is 16.7 Å². The zero-order chi connectivity index (χ0) is 25.1. The molecule has 1 amide bonds. The van der Waals surface area contributed by atoms with Crippen molar-refractivity contribution in [3.63, 3.8) is 0 Å². The molecular weight excluding hydrogens is 550 g/mol. The molecule has 1 fully saturated rings. The summed E-state index contributed by atoms with van der Waals surface area (Å²) in [6.07, 6.45) is 1.71. The Hall–Kier alpha value is -2.35. The summed E-state index contributed by atoms with van der Waals surface area (Å²) in [5, 5.41) is 5.16. The molecule has 5 nitrogen and oxygen atoms in total. The summed E-state index contributed by atoms with van der Waals surface area (Å²) in [5.74, 6) is 0.520. The van der Waals surface area contributed by atoms with Crippen LogP contribution < -0.4 is 14.8 Å². The van der Waals surface area contributed by atoms with E-state index < -0.39 is 0 Å². The molecule has 0 aliphatic carbocycles. The van der Waals surface area contributed by atoms with Crippen LogP contribution in [0.15, 0.2) is 58.4 Å². The van der Waals surface area contributed by atoms with Crippen molar-refractivity contribution in [3.05, 3.63) is 90.2 Å². The molecular formula is C25H18Cl4N2O3S. The first-order valence-corrected chi connectivity index (χ1v) is 12.6. The fraction of sp³-hybridized carbons (Fsp3) is 0.120. The lowest BCUT2D eigenvalue weighted by molar-refractivity contribution is -0.115. The van der Waals surface area contributed by atoms with Crippen LogP contribution in [-0.4, -0.2) is 18.2 Å². The molecule has 0 atom stereocenters. The number of aryl methyl sites for hydroxylation is 1. The number of ether oxygens (including phenoxy) is 2. The van der Waals surface area contributed by atoms with E-state index in [9.17, 15) is 4.79 Å². The van der Waals surface area contributed by atoms with E-state index in [-0.39, 0.29) is 12.5 Å². The molecule has 0 bridgehead atoms. The Morgan fingerprint density at radius 2 is 1.74 bits per heavy atom. The largest absolute Gasteiger partial charge is 0.493 e. The first kappa shape index (κ1) is 25.7. The molecule has 0 radical (unpaired) electrons. The van der Waals surface area contributed by atoms with Gasteiger partial charge in [-0.15, -0.1) is 0 Å². The van der Waals surface area contributed by atoms with Crippen LogP contribution in [-0.2, 0) is 11.4 Å². The number of carbonyl (C=O) groups excluding carboxylic acids is 1. The average Bonchev–Trinajstić information content (AvgIpc) is 3.14. The zero-order valence-electron chi connectivity index (χ0n) is 18.5. The highest BCUT2D eigenvalue weighted by Crippen LogP contribution is 2.39. The maximum atomic E-state index is 12.5. The summed E-state index contributed by atoms with van der Waals surface area (Å²) in [6, 6.07) is 14.0. The van der Waals surface area contributed by atoms with E-state index in [2.05, 4.69) is 10.3 Å². The number of hydrogen-bond donors (Lipinski definition) is 1. The molecule has 3 aromatic rings. The minimum Gasteiger partial charge on any atom is -0.493 e. The van der Waals surface area contributed by atoms with Crippen LogP contribution in [0.3, 0.4) is 0 Å². The number of benzene rings is 3. The molecule has 10 heteroatoms. The highest BCUT2D eigenvalue weighted by Gasteiger charge is 2.24. The van der Waals surface area contributed by atoms with Crippen molar-refractivity contribution in [2.75, 3.05) is 7.11 Å². The van der Waals surface area contributed by atoms with Crippen molar-refractivity contribution >= 4 is 81.0 Å². The van der Waals surface area contributed by atoms with Crippen molar-refractivity contribution < 1.29 is 14.3 Å². The molecule has 1 heterocycles. The second-order valence-electron chi connectivity index (χ2n) is 7.47. The molecule has 1 N–H and O–H groups in total. The van der Waals surface area contributed by atoms with Crippen LogP contribution >= 0.6 is 58.2 Å². The average molecular weight is 568 g/mol. The third-order valence-corrected chi connectivity index (χ3v) is 6.99. The lowest BCUT2D eigenvalue weighted by Crippen LogP contribution is -2.19. The second-order valence-corrected chi connectivity index (χ2v) is 10.2. The van der Waals surface area contributed by atoms with E-state index in [4.69, 9.17) is 55.9 Å². The van der Waals surface area contributed by atoms with E-state index in [0.29, 0.717) is 52.9 Å². The SMILES string of the molecule is COc1cc(/C=C2\SC(=Nc3cc(Cl)ccc3C)NC2=O)cc(Cl)c1OCc1ccc(Cl)cc1Cl. The standard InChI is InChI=1S/C25H18Cl4N2O3S/c1-13-3-5-17(27)11-20(13)30-25-31-24(32)22(35-25)9-14-7-19(29)23(21(8-14)33-2)34-12-15-4-6-16(26)10-18(15)28/h3-11H,12H2,1-2H3,(H,30,31,32)/b22-9-. The van der Waals surface area contributed by atoms with Gasteiger partial charge in [0.05, 0.1) is 22.7 Å². The number of rotatable bonds is 6. The van der Waals surface area contributed by atoms with Crippen LogP contribution in [0.25, 0.3) is 6.08 Å². The van der Waals surface area contributed by atoms with Gasteiger partial charge >= 0.3 is 0 Å². The normalized spacial score (nSPS) is 15.5. The molecule has 0 unspecified atom stereocenters. The number of hydrogen-bond acceptors (Lipinski definition) is 5. The van der Waals surface area contributed by atoms with Crippen molar-refractivity contribution in [3.8, 4) is 11.5 Å². The predicted molar refractivity (Wildman–Crippen MR) is 146 cm³/mol. The quantitative estimate of drug-likeness (QED) is 0.306. The summed E-state index contributed by atoms with van der Waals surface area (Å²) >= 11 is 26.0. The molecule has 1 aliphatic rings. The van der Waals surface area contributed by atoms with Crippen LogP contribution in [0.4, 0.5) is 5.69 Å². The van der Waals surface area contributed by atoms with Gasteiger partial charge < -0.3 is 14.8 Å². The van der Waals surface area contributed by atoms with E-state index in [1.165, 1.54) is 18.9 Å². The first-order valence-electron chi connectivity index (χ1n) is 10.2. The number of carbonyl (C=O) groups is 1. The Labute approximate surface area is 227 Å². The number of methoxy groups -OCH3 is 1. The molecule has 1 aliphatic heterocycles. The van der Waals surface area contributed by atoms with Gasteiger partial charge in [0, 0.05) is 20.6 Å². The lowest BCUT2D eigenvalue weighted by atomic mass is 10.1. The minimum atomic E-state index is -0.263. The molecule has 1 saturated heterocycles. The number of thioether (sulfide) groups is 1. The van der Waals surface area contributed by atoms with Crippen molar-refractivity contribution in [2.24, 2.45) is 4.99 Å².